The van der Waals surface area contributed by atoms with E-state index in [0.717, 1.165) is 6.54 Å². The quantitative estimate of drug-likeness (QED) is 0.672. The molecular formula is C11H21N. The minimum absolute atomic E-state index is 0.547. The molecule has 2 aliphatic rings. The highest BCUT2D eigenvalue weighted by molar-refractivity contribution is 5.05. The smallest absolute Gasteiger partial charge is 0.00153 e. The van der Waals surface area contributed by atoms with Crippen LogP contribution in [0.5, 0.6) is 0 Å². The van der Waals surface area contributed by atoms with Gasteiger partial charge in [0.15, 0.2) is 0 Å². The lowest BCUT2D eigenvalue weighted by atomic mass is 9.64. The number of nitrogens with two attached hydrogens (primary N) is 1. The summed E-state index contributed by atoms with van der Waals surface area (Å²) in [5.74, 6) is 0. The summed E-state index contributed by atoms with van der Waals surface area (Å²) in [4.78, 5) is 0. The van der Waals surface area contributed by atoms with Crippen molar-refractivity contribution in [1.29, 1.82) is 0 Å². The normalized spacial score (nSPS) is 31.5. The molecule has 1 heteroatoms. The van der Waals surface area contributed by atoms with E-state index >= 15 is 0 Å². The second-order valence-corrected chi connectivity index (χ2v) is 5.11. The Hall–Kier alpha value is -0.0400. The molecule has 2 saturated carbocycles. The summed E-state index contributed by atoms with van der Waals surface area (Å²) in [6.45, 7) is 3.38. The summed E-state index contributed by atoms with van der Waals surface area (Å²) < 4.78 is 0. The highest BCUT2D eigenvalue weighted by atomic mass is 14.7. The van der Waals surface area contributed by atoms with Gasteiger partial charge in [0.2, 0.25) is 0 Å². The lowest BCUT2D eigenvalue weighted by Gasteiger charge is -2.42. The maximum atomic E-state index is 5.96. The fraction of sp³-hybridized carbons (Fsp3) is 1.00. The van der Waals surface area contributed by atoms with Crippen LogP contribution in [-0.2, 0) is 0 Å². The van der Waals surface area contributed by atoms with E-state index in [1.807, 2.05) is 0 Å². The van der Waals surface area contributed by atoms with Crippen molar-refractivity contribution in [2.24, 2.45) is 16.6 Å². The first-order chi connectivity index (χ1) is 5.72. The molecule has 0 heterocycles. The van der Waals surface area contributed by atoms with E-state index in [2.05, 4.69) is 6.92 Å². The van der Waals surface area contributed by atoms with Crippen molar-refractivity contribution in [1.82, 2.24) is 0 Å². The van der Waals surface area contributed by atoms with Gasteiger partial charge in [-0.25, -0.2) is 0 Å². The first kappa shape index (κ1) is 8.55. The molecule has 0 aliphatic heterocycles. The third kappa shape index (κ3) is 1.10. The van der Waals surface area contributed by atoms with Crippen molar-refractivity contribution in [3.8, 4) is 0 Å². The Morgan fingerprint density at radius 2 is 1.58 bits per heavy atom. The molecule has 0 aromatic rings. The van der Waals surface area contributed by atoms with Crippen molar-refractivity contribution in [3.63, 3.8) is 0 Å². The van der Waals surface area contributed by atoms with Gasteiger partial charge in [-0.15, -0.1) is 0 Å². The molecule has 0 spiro atoms. The van der Waals surface area contributed by atoms with Crippen LogP contribution in [0.1, 0.15) is 51.9 Å². The van der Waals surface area contributed by atoms with Gasteiger partial charge in [0.1, 0.15) is 0 Å². The van der Waals surface area contributed by atoms with Gasteiger partial charge in [0.25, 0.3) is 0 Å². The monoisotopic (exact) mass is 167 g/mol. The first-order valence-electron chi connectivity index (χ1n) is 5.43. The molecule has 70 valence electrons. The summed E-state index contributed by atoms with van der Waals surface area (Å²) in [5.41, 5.74) is 7.15. The fourth-order valence-corrected chi connectivity index (χ4v) is 3.00. The van der Waals surface area contributed by atoms with E-state index in [1.54, 1.807) is 0 Å². The molecule has 0 bridgehead atoms. The number of rotatable bonds is 2. The summed E-state index contributed by atoms with van der Waals surface area (Å²) in [5, 5.41) is 0. The summed E-state index contributed by atoms with van der Waals surface area (Å²) >= 11 is 0. The van der Waals surface area contributed by atoms with Crippen LogP contribution in [0.4, 0.5) is 0 Å². The van der Waals surface area contributed by atoms with Gasteiger partial charge < -0.3 is 5.73 Å². The second kappa shape index (κ2) is 2.73. The first-order valence-corrected chi connectivity index (χ1v) is 5.43. The van der Waals surface area contributed by atoms with E-state index in [-0.39, 0.29) is 0 Å². The lowest BCUT2D eigenvalue weighted by Crippen LogP contribution is -2.39. The molecule has 0 aromatic heterocycles. The third-order valence-corrected chi connectivity index (χ3v) is 4.48. The van der Waals surface area contributed by atoms with E-state index in [0.29, 0.717) is 10.8 Å². The third-order valence-electron chi connectivity index (χ3n) is 4.48. The standard InChI is InChI=1S/C11H21N/c1-10(7-8-10)11(9-12)5-3-2-4-6-11/h2-9,12H2,1H3. The SMILES string of the molecule is CC1(C2(CN)CCCCC2)CC1. The highest BCUT2D eigenvalue weighted by Crippen LogP contribution is 2.63. The molecule has 0 radical (unpaired) electrons. The summed E-state index contributed by atoms with van der Waals surface area (Å²) in [6, 6.07) is 0. The van der Waals surface area contributed by atoms with E-state index in [9.17, 15) is 0 Å². The molecule has 0 saturated heterocycles. The van der Waals surface area contributed by atoms with Gasteiger partial charge >= 0.3 is 0 Å². The van der Waals surface area contributed by atoms with Gasteiger partial charge in [-0.2, -0.15) is 0 Å². The van der Waals surface area contributed by atoms with E-state index in [1.165, 1.54) is 44.9 Å². The van der Waals surface area contributed by atoms with Crippen LogP contribution in [0.15, 0.2) is 0 Å². The molecule has 2 aliphatic carbocycles. The Balaban J connectivity index is 2.11. The van der Waals surface area contributed by atoms with Crippen LogP contribution in [0.3, 0.4) is 0 Å². The molecule has 0 unspecified atom stereocenters. The Kier molecular flexibility index (Phi) is 1.95. The lowest BCUT2D eigenvalue weighted by molar-refractivity contribution is 0.0987. The molecular weight excluding hydrogens is 146 g/mol. The van der Waals surface area contributed by atoms with Crippen LogP contribution in [-0.4, -0.2) is 6.54 Å². The van der Waals surface area contributed by atoms with Gasteiger partial charge in [-0.05, 0) is 43.1 Å². The molecule has 0 aromatic carbocycles. The van der Waals surface area contributed by atoms with Crippen molar-refractivity contribution < 1.29 is 0 Å². The average Bonchev–Trinajstić information content (AvgIpc) is 2.87. The molecule has 2 rings (SSSR count). The van der Waals surface area contributed by atoms with Crippen molar-refractivity contribution in [2.45, 2.75) is 51.9 Å². The van der Waals surface area contributed by atoms with Gasteiger partial charge in [-0.3, -0.25) is 0 Å². The van der Waals surface area contributed by atoms with Crippen LogP contribution >= 0.6 is 0 Å². The zero-order valence-corrected chi connectivity index (χ0v) is 8.23. The van der Waals surface area contributed by atoms with E-state index in [4.69, 9.17) is 5.73 Å². The largest absolute Gasteiger partial charge is 0.330 e. The minimum Gasteiger partial charge on any atom is -0.330 e. The molecule has 2 fully saturated rings. The van der Waals surface area contributed by atoms with E-state index < -0.39 is 0 Å². The van der Waals surface area contributed by atoms with Gasteiger partial charge in [0.05, 0.1) is 0 Å². The predicted octanol–water partition coefficient (Wildman–Crippen LogP) is 2.70. The summed E-state index contributed by atoms with van der Waals surface area (Å²) in [6.07, 6.45) is 9.96. The topological polar surface area (TPSA) is 26.0 Å². The van der Waals surface area contributed by atoms with Crippen molar-refractivity contribution >= 4 is 0 Å². The molecule has 0 atom stereocenters. The Morgan fingerprint density at radius 1 is 1.00 bits per heavy atom. The maximum absolute atomic E-state index is 5.96. The maximum Gasteiger partial charge on any atom is -0.00153 e. The Labute approximate surface area is 75.7 Å². The zero-order valence-electron chi connectivity index (χ0n) is 8.23. The van der Waals surface area contributed by atoms with Crippen LogP contribution in [0.2, 0.25) is 0 Å². The van der Waals surface area contributed by atoms with Crippen LogP contribution in [0.25, 0.3) is 0 Å². The number of hydrogen-bond donors (Lipinski definition) is 1. The van der Waals surface area contributed by atoms with Gasteiger partial charge in [-0.1, -0.05) is 26.2 Å². The molecule has 0 amide bonds. The molecule has 2 N–H and O–H groups in total. The average molecular weight is 167 g/mol. The van der Waals surface area contributed by atoms with Crippen molar-refractivity contribution in [2.75, 3.05) is 6.54 Å². The Morgan fingerprint density at radius 3 is 2.00 bits per heavy atom. The number of hydrogen-bond acceptors (Lipinski definition) is 1. The predicted molar refractivity (Wildman–Crippen MR) is 51.9 cm³/mol. The minimum atomic E-state index is 0.547. The Bertz CT molecular complexity index is 164. The fourth-order valence-electron chi connectivity index (χ4n) is 3.00. The zero-order chi connectivity index (χ0) is 8.66. The second-order valence-electron chi connectivity index (χ2n) is 5.11. The highest BCUT2D eigenvalue weighted by Gasteiger charge is 2.54. The van der Waals surface area contributed by atoms with Gasteiger partial charge in [0, 0.05) is 0 Å². The summed E-state index contributed by atoms with van der Waals surface area (Å²) in [7, 11) is 0. The van der Waals surface area contributed by atoms with Crippen LogP contribution < -0.4 is 5.73 Å². The molecule has 1 nitrogen and oxygen atoms in total. The van der Waals surface area contributed by atoms with Crippen LogP contribution in [0, 0.1) is 10.8 Å². The van der Waals surface area contributed by atoms with Crippen molar-refractivity contribution in [3.05, 3.63) is 0 Å². The molecule has 12 heavy (non-hydrogen) atoms.